The van der Waals surface area contributed by atoms with Crippen molar-refractivity contribution in [3.63, 3.8) is 0 Å². The molecular weight excluding hydrogens is 421 g/mol. The molecule has 0 saturated heterocycles. The van der Waals surface area contributed by atoms with Crippen molar-refractivity contribution in [3.8, 4) is 11.1 Å². The van der Waals surface area contributed by atoms with Gasteiger partial charge in [0.2, 0.25) is 0 Å². The maximum atomic E-state index is 14.3. The van der Waals surface area contributed by atoms with Gasteiger partial charge in [-0.05, 0) is 49.6 Å². The van der Waals surface area contributed by atoms with Crippen LogP contribution in [0.15, 0.2) is 53.9 Å². The van der Waals surface area contributed by atoms with Crippen LogP contribution < -0.4 is 10.0 Å². The van der Waals surface area contributed by atoms with E-state index in [0.717, 1.165) is 0 Å². The molecule has 3 rings (SSSR count). The number of nitrogens with zero attached hydrogens (tertiary/aromatic N) is 3. The molecule has 8 nitrogen and oxygen atoms in total. The smallest absolute Gasteiger partial charge is 0.306 e. The third kappa shape index (κ3) is 5.08. The fourth-order valence-corrected chi connectivity index (χ4v) is 3.88. The Bertz CT molecular complexity index is 1190. The van der Waals surface area contributed by atoms with Gasteiger partial charge in [0.15, 0.2) is 5.03 Å². The van der Waals surface area contributed by atoms with Gasteiger partial charge in [0.25, 0.3) is 10.0 Å². The molecule has 0 aliphatic heterocycles. The molecule has 2 N–H and O–H groups in total. The molecule has 164 valence electrons. The Morgan fingerprint density at radius 2 is 1.90 bits per heavy atom. The number of hydrogen-bond donors (Lipinski definition) is 2. The third-order valence-electron chi connectivity index (χ3n) is 4.58. The van der Waals surface area contributed by atoms with Crippen molar-refractivity contribution in [1.82, 2.24) is 19.5 Å². The predicted octanol–water partition coefficient (Wildman–Crippen LogP) is 4.30. The van der Waals surface area contributed by atoms with Gasteiger partial charge in [0, 0.05) is 35.8 Å². The fraction of sp³-hybridized carbons (Fsp3) is 0.286. The van der Waals surface area contributed by atoms with Crippen molar-refractivity contribution < 1.29 is 17.6 Å². The van der Waals surface area contributed by atoms with Gasteiger partial charge in [-0.1, -0.05) is 19.9 Å². The van der Waals surface area contributed by atoms with Crippen LogP contribution in [-0.4, -0.2) is 29.2 Å². The van der Waals surface area contributed by atoms with Gasteiger partial charge in [0.1, 0.15) is 5.82 Å². The van der Waals surface area contributed by atoms with E-state index >= 15 is 0 Å². The Hall–Kier alpha value is -3.27. The van der Waals surface area contributed by atoms with Crippen LogP contribution in [0, 0.1) is 5.82 Å². The van der Waals surface area contributed by atoms with Gasteiger partial charge in [0.05, 0.1) is 5.69 Å². The molecule has 2 amide bonds. The molecule has 3 aromatic rings. The van der Waals surface area contributed by atoms with Crippen molar-refractivity contribution in [3.05, 3.63) is 60.3 Å². The number of nitrogens with one attached hydrogen (secondary N) is 2. The summed E-state index contributed by atoms with van der Waals surface area (Å²) < 4.78 is 42.9. The number of carbonyl (C=O) groups is 1. The third-order valence-corrected chi connectivity index (χ3v) is 5.80. The van der Waals surface area contributed by atoms with Gasteiger partial charge in [-0.15, -0.1) is 0 Å². The highest BCUT2D eigenvalue weighted by Crippen LogP contribution is 2.35. The Balaban J connectivity index is 1.95. The first-order valence-corrected chi connectivity index (χ1v) is 11.2. The maximum absolute atomic E-state index is 14.3. The minimum Gasteiger partial charge on any atom is -0.306 e. The quantitative estimate of drug-likeness (QED) is 0.588. The predicted molar refractivity (Wildman–Crippen MR) is 116 cm³/mol. The summed E-state index contributed by atoms with van der Waals surface area (Å²) in [7, 11) is -4.19. The van der Waals surface area contributed by atoms with E-state index in [1.807, 2.05) is 32.4 Å². The summed E-state index contributed by atoms with van der Waals surface area (Å²) in [6.45, 7) is 7.40. The molecule has 2 heterocycles. The van der Waals surface area contributed by atoms with Crippen molar-refractivity contribution in [2.24, 2.45) is 0 Å². The highest BCUT2D eigenvalue weighted by atomic mass is 32.2. The SMILES string of the molecule is CC(C)c1cc(F)cc(-c2cccnc2)c1NC(=O)NS(=O)(=O)c1ccn(C(C)C)n1. The van der Waals surface area contributed by atoms with E-state index in [2.05, 4.69) is 15.4 Å². The van der Waals surface area contributed by atoms with Crippen molar-refractivity contribution in [2.75, 3.05) is 5.32 Å². The molecule has 0 spiro atoms. The number of anilines is 1. The highest BCUT2D eigenvalue weighted by Gasteiger charge is 2.23. The van der Waals surface area contributed by atoms with Crippen LogP contribution in [0.1, 0.15) is 45.2 Å². The summed E-state index contributed by atoms with van der Waals surface area (Å²) in [5.41, 5.74) is 1.81. The summed E-state index contributed by atoms with van der Waals surface area (Å²) in [6, 6.07) is 6.31. The first-order chi connectivity index (χ1) is 14.6. The molecule has 0 bridgehead atoms. The van der Waals surface area contributed by atoms with Crippen LogP contribution in [0.2, 0.25) is 0 Å². The first-order valence-electron chi connectivity index (χ1n) is 9.71. The first kappa shape index (κ1) is 22.4. The number of hydrogen-bond acceptors (Lipinski definition) is 5. The minimum absolute atomic E-state index is 0.0346. The molecule has 0 atom stereocenters. The van der Waals surface area contributed by atoms with Crippen LogP contribution in [0.4, 0.5) is 14.9 Å². The van der Waals surface area contributed by atoms with E-state index in [1.54, 1.807) is 18.3 Å². The van der Waals surface area contributed by atoms with Gasteiger partial charge in [-0.3, -0.25) is 9.67 Å². The number of urea groups is 1. The Kier molecular flexibility index (Phi) is 6.40. The number of pyridine rings is 1. The average Bonchev–Trinajstić information content (AvgIpc) is 3.21. The molecule has 0 radical (unpaired) electrons. The standard InChI is InChI=1S/C21H24FN5O3S/c1-13(2)17-10-16(22)11-18(15-6-5-8-23-12-15)20(17)24-21(28)26-31(29,30)19-7-9-27(25-19)14(3)4/h5-14H,1-4H3,(H2,24,26,28). The lowest BCUT2D eigenvalue weighted by atomic mass is 9.94. The Morgan fingerprint density at radius 1 is 1.16 bits per heavy atom. The van der Waals surface area contributed by atoms with Crippen LogP contribution in [0.3, 0.4) is 0 Å². The molecule has 0 aliphatic rings. The second kappa shape index (κ2) is 8.84. The number of aromatic nitrogens is 3. The lowest BCUT2D eigenvalue weighted by Gasteiger charge is -2.19. The zero-order valence-electron chi connectivity index (χ0n) is 17.6. The van der Waals surface area contributed by atoms with Crippen LogP contribution in [0.5, 0.6) is 0 Å². The highest BCUT2D eigenvalue weighted by molar-refractivity contribution is 7.90. The van der Waals surface area contributed by atoms with Crippen molar-refractivity contribution in [2.45, 2.75) is 44.7 Å². The van der Waals surface area contributed by atoms with Gasteiger partial charge in [-0.2, -0.15) is 13.5 Å². The number of benzene rings is 1. The van der Waals surface area contributed by atoms with Gasteiger partial charge < -0.3 is 5.32 Å². The number of amides is 2. The Morgan fingerprint density at radius 3 is 2.48 bits per heavy atom. The summed E-state index contributed by atoms with van der Waals surface area (Å²) >= 11 is 0. The molecule has 0 unspecified atom stereocenters. The summed E-state index contributed by atoms with van der Waals surface area (Å²) in [5, 5.41) is 6.30. The lowest BCUT2D eigenvalue weighted by molar-refractivity contribution is 0.256. The molecule has 1 aromatic carbocycles. The molecule has 0 aliphatic carbocycles. The van der Waals surface area contributed by atoms with E-state index in [0.29, 0.717) is 22.4 Å². The summed E-state index contributed by atoms with van der Waals surface area (Å²) in [5.74, 6) is -0.611. The molecule has 0 fully saturated rings. The fourth-order valence-electron chi connectivity index (χ4n) is 3.04. The van der Waals surface area contributed by atoms with Crippen molar-refractivity contribution >= 4 is 21.7 Å². The minimum atomic E-state index is -4.19. The van der Waals surface area contributed by atoms with Gasteiger partial charge >= 0.3 is 6.03 Å². The number of halogens is 1. The monoisotopic (exact) mass is 445 g/mol. The van der Waals surface area contributed by atoms with Gasteiger partial charge in [-0.25, -0.2) is 13.9 Å². The largest absolute Gasteiger partial charge is 0.333 e. The number of sulfonamides is 1. The number of rotatable bonds is 6. The Labute approximate surface area is 180 Å². The van der Waals surface area contributed by atoms with Crippen LogP contribution >= 0.6 is 0 Å². The second-order valence-electron chi connectivity index (χ2n) is 7.60. The topological polar surface area (TPSA) is 106 Å². The van der Waals surface area contributed by atoms with E-state index in [4.69, 9.17) is 0 Å². The summed E-state index contributed by atoms with van der Waals surface area (Å²) in [6.07, 6.45) is 4.64. The molecule has 31 heavy (non-hydrogen) atoms. The zero-order valence-corrected chi connectivity index (χ0v) is 18.4. The second-order valence-corrected chi connectivity index (χ2v) is 9.23. The average molecular weight is 446 g/mol. The van der Waals surface area contributed by atoms with Crippen LogP contribution in [-0.2, 0) is 10.0 Å². The molecule has 10 heteroatoms. The normalized spacial score (nSPS) is 11.7. The lowest BCUT2D eigenvalue weighted by Crippen LogP contribution is -2.35. The molecule has 2 aromatic heterocycles. The van der Waals surface area contributed by atoms with Crippen molar-refractivity contribution in [1.29, 1.82) is 0 Å². The number of carbonyl (C=O) groups excluding carboxylic acids is 1. The summed E-state index contributed by atoms with van der Waals surface area (Å²) in [4.78, 5) is 16.7. The van der Waals surface area contributed by atoms with Crippen LogP contribution in [0.25, 0.3) is 11.1 Å². The van der Waals surface area contributed by atoms with E-state index in [-0.39, 0.29) is 17.0 Å². The zero-order chi connectivity index (χ0) is 22.8. The van der Waals surface area contributed by atoms with E-state index in [9.17, 15) is 17.6 Å². The van der Waals surface area contributed by atoms with E-state index < -0.39 is 21.9 Å². The maximum Gasteiger partial charge on any atom is 0.333 e. The van der Waals surface area contributed by atoms with E-state index in [1.165, 1.54) is 35.3 Å². The molecular formula is C21H24FN5O3S. The molecule has 0 saturated carbocycles.